The first-order valence-electron chi connectivity index (χ1n) is 5.21. The third-order valence-electron chi connectivity index (χ3n) is 2.02. The number of carbonyl (C=O) groups excluding carboxylic acids is 1. The van der Waals surface area contributed by atoms with Crippen molar-refractivity contribution in [3.8, 4) is 0 Å². The van der Waals surface area contributed by atoms with E-state index in [1.165, 1.54) is 38.3 Å². The molecule has 1 amide bonds. The van der Waals surface area contributed by atoms with Crippen molar-refractivity contribution in [1.29, 1.82) is 0 Å². The average molecular weight is 183 g/mol. The highest BCUT2D eigenvalue weighted by molar-refractivity contribution is 5.76. The van der Waals surface area contributed by atoms with Crippen LogP contribution in [0, 0.1) is 0 Å². The van der Waals surface area contributed by atoms with Crippen molar-refractivity contribution in [2.24, 2.45) is 0 Å². The molecule has 0 atom stereocenters. The molecule has 0 aromatic rings. The van der Waals surface area contributed by atoms with Crippen LogP contribution in [-0.2, 0) is 4.79 Å². The predicted molar refractivity (Wildman–Crippen MR) is 56.3 cm³/mol. The SMILES string of the molecule is C=CNC(=O)CCCCCCCC. The lowest BCUT2D eigenvalue weighted by Crippen LogP contribution is -2.15. The number of hydrogen-bond donors (Lipinski definition) is 1. The number of nitrogens with one attached hydrogen (secondary N) is 1. The number of rotatable bonds is 8. The normalized spacial score (nSPS) is 9.62. The van der Waals surface area contributed by atoms with Crippen LogP contribution < -0.4 is 5.32 Å². The zero-order valence-corrected chi connectivity index (χ0v) is 8.64. The molecule has 13 heavy (non-hydrogen) atoms. The average Bonchev–Trinajstić information content (AvgIpc) is 2.11. The fourth-order valence-corrected chi connectivity index (χ4v) is 1.25. The van der Waals surface area contributed by atoms with Crippen molar-refractivity contribution in [3.63, 3.8) is 0 Å². The van der Waals surface area contributed by atoms with Gasteiger partial charge in [-0.3, -0.25) is 4.79 Å². The molecule has 0 unspecified atom stereocenters. The highest BCUT2D eigenvalue weighted by atomic mass is 16.1. The van der Waals surface area contributed by atoms with E-state index in [1.54, 1.807) is 0 Å². The highest BCUT2D eigenvalue weighted by Crippen LogP contribution is 2.06. The van der Waals surface area contributed by atoms with Crippen molar-refractivity contribution in [3.05, 3.63) is 12.8 Å². The minimum Gasteiger partial charge on any atom is -0.333 e. The van der Waals surface area contributed by atoms with Crippen molar-refractivity contribution in [2.75, 3.05) is 0 Å². The molecule has 0 aliphatic carbocycles. The fourth-order valence-electron chi connectivity index (χ4n) is 1.25. The zero-order chi connectivity index (χ0) is 9.94. The minimum absolute atomic E-state index is 0.0884. The van der Waals surface area contributed by atoms with Gasteiger partial charge in [-0.2, -0.15) is 0 Å². The summed E-state index contributed by atoms with van der Waals surface area (Å²) in [5.41, 5.74) is 0. The molecule has 0 bridgehead atoms. The maximum absolute atomic E-state index is 10.9. The van der Waals surface area contributed by atoms with Crippen molar-refractivity contribution < 1.29 is 4.79 Å². The Hall–Kier alpha value is -0.790. The minimum atomic E-state index is 0.0884. The maximum atomic E-state index is 10.9. The van der Waals surface area contributed by atoms with E-state index in [0.717, 1.165) is 6.42 Å². The predicted octanol–water partition coefficient (Wildman–Crippen LogP) is 3.00. The van der Waals surface area contributed by atoms with Crippen LogP contribution >= 0.6 is 0 Å². The molecule has 0 aromatic heterocycles. The molecule has 0 saturated carbocycles. The van der Waals surface area contributed by atoms with Crippen LogP contribution in [0.4, 0.5) is 0 Å². The van der Waals surface area contributed by atoms with Crippen LogP contribution in [0.15, 0.2) is 12.8 Å². The molecule has 2 heteroatoms. The van der Waals surface area contributed by atoms with Crippen molar-refractivity contribution in [2.45, 2.75) is 51.9 Å². The van der Waals surface area contributed by atoms with Crippen LogP contribution in [0.2, 0.25) is 0 Å². The van der Waals surface area contributed by atoms with Gasteiger partial charge in [0.1, 0.15) is 0 Å². The summed E-state index contributed by atoms with van der Waals surface area (Å²) in [5.74, 6) is 0.0884. The molecule has 0 radical (unpaired) electrons. The molecule has 0 fully saturated rings. The smallest absolute Gasteiger partial charge is 0.223 e. The molecule has 2 nitrogen and oxygen atoms in total. The summed E-state index contributed by atoms with van der Waals surface area (Å²) < 4.78 is 0. The van der Waals surface area contributed by atoms with E-state index in [4.69, 9.17) is 0 Å². The van der Waals surface area contributed by atoms with E-state index >= 15 is 0 Å². The molecule has 1 N–H and O–H groups in total. The molecule has 0 aliphatic heterocycles. The molecular formula is C11H21NO. The first-order valence-corrected chi connectivity index (χ1v) is 5.21. The van der Waals surface area contributed by atoms with Crippen molar-refractivity contribution in [1.82, 2.24) is 5.32 Å². The second kappa shape index (κ2) is 9.30. The number of hydrogen-bond acceptors (Lipinski definition) is 1. The van der Waals surface area contributed by atoms with Gasteiger partial charge < -0.3 is 5.32 Å². The van der Waals surface area contributed by atoms with Gasteiger partial charge in [-0.25, -0.2) is 0 Å². The lowest BCUT2D eigenvalue weighted by atomic mass is 10.1. The molecule has 0 heterocycles. The molecule has 0 saturated heterocycles. The topological polar surface area (TPSA) is 29.1 Å². The molecule has 0 aromatic carbocycles. The first-order chi connectivity index (χ1) is 6.31. The molecular weight excluding hydrogens is 162 g/mol. The summed E-state index contributed by atoms with van der Waals surface area (Å²) in [6.07, 6.45) is 9.41. The monoisotopic (exact) mass is 183 g/mol. The van der Waals surface area contributed by atoms with Gasteiger partial charge in [0.05, 0.1) is 0 Å². The van der Waals surface area contributed by atoms with E-state index in [-0.39, 0.29) is 5.91 Å². The van der Waals surface area contributed by atoms with Gasteiger partial charge in [0.2, 0.25) is 5.91 Å². The van der Waals surface area contributed by atoms with E-state index in [0.29, 0.717) is 6.42 Å². The van der Waals surface area contributed by atoms with E-state index in [2.05, 4.69) is 18.8 Å². The van der Waals surface area contributed by atoms with Gasteiger partial charge in [-0.1, -0.05) is 45.6 Å². The van der Waals surface area contributed by atoms with Gasteiger partial charge in [-0.15, -0.1) is 0 Å². The summed E-state index contributed by atoms with van der Waals surface area (Å²) in [7, 11) is 0. The summed E-state index contributed by atoms with van der Waals surface area (Å²) in [5, 5.41) is 2.57. The van der Waals surface area contributed by atoms with Crippen LogP contribution in [0.3, 0.4) is 0 Å². The second-order valence-electron chi connectivity index (χ2n) is 3.29. The Morgan fingerprint density at radius 3 is 2.46 bits per heavy atom. The standard InChI is InChI=1S/C11H21NO/c1-3-5-6-7-8-9-10-11(13)12-4-2/h4H,2-3,5-10H2,1H3,(H,12,13). The maximum Gasteiger partial charge on any atom is 0.223 e. The Balaban J connectivity index is 3.06. The van der Waals surface area contributed by atoms with Crippen LogP contribution in [-0.4, -0.2) is 5.91 Å². The van der Waals surface area contributed by atoms with Gasteiger partial charge >= 0.3 is 0 Å². The summed E-state index contributed by atoms with van der Waals surface area (Å²) in [6.45, 7) is 5.64. The van der Waals surface area contributed by atoms with E-state index < -0.39 is 0 Å². The summed E-state index contributed by atoms with van der Waals surface area (Å²) >= 11 is 0. The van der Waals surface area contributed by atoms with E-state index in [9.17, 15) is 4.79 Å². The fraction of sp³-hybridized carbons (Fsp3) is 0.727. The number of unbranched alkanes of at least 4 members (excludes halogenated alkanes) is 5. The Bertz CT molecular complexity index is 143. The summed E-state index contributed by atoms with van der Waals surface area (Å²) in [4.78, 5) is 10.9. The van der Waals surface area contributed by atoms with Crippen LogP contribution in [0.25, 0.3) is 0 Å². The van der Waals surface area contributed by atoms with Crippen LogP contribution in [0.5, 0.6) is 0 Å². The molecule has 0 rings (SSSR count). The molecule has 0 aliphatic rings. The molecule has 0 spiro atoms. The molecule has 76 valence electrons. The van der Waals surface area contributed by atoms with Gasteiger partial charge in [0, 0.05) is 6.42 Å². The van der Waals surface area contributed by atoms with Crippen molar-refractivity contribution >= 4 is 5.91 Å². The van der Waals surface area contributed by atoms with E-state index in [1.807, 2.05) is 0 Å². The Kier molecular flexibility index (Phi) is 8.73. The lowest BCUT2D eigenvalue weighted by Gasteiger charge is -2.00. The Labute approximate surface area is 81.4 Å². The summed E-state index contributed by atoms with van der Waals surface area (Å²) in [6, 6.07) is 0. The lowest BCUT2D eigenvalue weighted by molar-refractivity contribution is -0.120. The van der Waals surface area contributed by atoms with Gasteiger partial charge in [-0.05, 0) is 12.6 Å². The third-order valence-corrected chi connectivity index (χ3v) is 2.02. The largest absolute Gasteiger partial charge is 0.333 e. The Morgan fingerprint density at radius 2 is 1.85 bits per heavy atom. The van der Waals surface area contributed by atoms with Gasteiger partial charge in [0.25, 0.3) is 0 Å². The quantitative estimate of drug-likeness (QED) is 0.576. The number of carbonyl (C=O) groups is 1. The number of amides is 1. The van der Waals surface area contributed by atoms with Gasteiger partial charge in [0.15, 0.2) is 0 Å². The second-order valence-corrected chi connectivity index (χ2v) is 3.29. The third kappa shape index (κ3) is 9.12. The first kappa shape index (κ1) is 12.2. The van der Waals surface area contributed by atoms with Crippen LogP contribution in [0.1, 0.15) is 51.9 Å². The zero-order valence-electron chi connectivity index (χ0n) is 8.64. The highest BCUT2D eigenvalue weighted by Gasteiger charge is 1.97. The Morgan fingerprint density at radius 1 is 1.23 bits per heavy atom.